The number of azo groups is 3. The second kappa shape index (κ2) is 21.5. The van der Waals surface area contributed by atoms with Crippen molar-refractivity contribution in [2.24, 2.45) is 30.7 Å². The number of fused-ring (bicyclic) bond motifs is 1. The summed E-state index contributed by atoms with van der Waals surface area (Å²) in [5.41, 5.74) is 1.48. The molecule has 0 aliphatic rings. The molecule has 4 N–H and O–H groups in total. The van der Waals surface area contributed by atoms with Gasteiger partial charge in [0.2, 0.25) is 5.88 Å². The highest BCUT2D eigenvalue weighted by Gasteiger charge is 2.24. The number of nitro benzene ring substituents is 1. The monoisotopic (exact) mass is 994 g/mol. The summed E-state index contributed by atoms with van der Waals surface area (Å²) in [6.07, 6.45) is 6.59. The van der Waals surface area contributed by atoms with Crippen LogP contribution in [0, 0.1) is 42.2 Å². The van der Waals surface area contributed by atoms with Crippen LogP contribution in [0.25, 0.3) is 17.8 Å². The average Bonchev–Trinajstić information content (AvgIpc) is 3.60. The number of aromatic hydroxyl groups is 1. The second-order valence-electron chi connectivity index (χ2n) is 14.5. The minimum absolute atomic E-state index is 0.000830. The lowest BCUT2D eigenvalue weighted by molar-refractivity contribution is -0.385. The largest absolute Gasteiger partial charge is 0.493 e. The van der Waals surface area contributed by atoms with Crippen LogP contribution in [0.4, 0.5) is 39.8 Å². The summed E-state index contributed by atoms with van der Waals surface area (Å²) in [6.45, 7) is 7.81. The van der Waals surface area contributed by atoms with Gasteiger partial charge in [-0.3, -0.25) is 28.2 Å². The van der Waals surface area contributed by atoms with Crippen LogP contribution in [0.15, 0.2) is 90.2 Å². The van der Waals surface area contributed by atoms with Crippen LogP contribution < -0.4 is 9.47 Å². The standard InChI is InChI=1S/C41H42N10O14S3/c1-6-10-29-35(11-7-2)50-40(43-29)28(23-42)26(5)39(41(50)52)49-48-34-19-25(4)32(22-37(34)65-15-9-17-67(58,59)60)46-47-33-18-24(3)31(21-36(33)64-14-8-16-66(55,56)57)45-44-30-13-12-27(51(53)54)20-38(30)68(61,62)63/h6-7,10-13,18-22,52H,8-9,14-17H2,1-5H3,(H,55,56,57)(H,58,59,60)(H,61,62,63)/b10-6-,11-7-,45-44?,47-46?,49-48?. The molecule has 24 nitrogen and oxygen atoms in total. The smallest absolute Gasteiger partial charge is 0.297 e. The topological polar surface area (TPSA) is 360 Å². The molecule has 5 rings (SSSR count). The molecule has 0 fully saturated rings. The van der Waals surface area contributed by atoms with Gasteiger partial charge in [0.15, 0.2) is 11.3 Å². The van der Waals surface area contributed by atoms with E-state index in [1.165, 1.54) is 28.7 Å². The molecular formula is C41H42N10O14S3. The maximum Gasteiger partial charge on any atom is 0.297 e. The number of nitriles is 1. The molecule has 358 valence electrons. The predicted octanol–water partition coefficient (Wildman–Crippen LogP) is 9.62. The van der Waals surface area contributed by atoms with E-state index in [1.807, 2.05) is 0 Å². The lowest BCUT2D eigenvalue weighted by Crippen LogP contribution is -2.08. The number of pyridine rings is 1. The van der Waals surface area contributed by atoms with E-state index in [-0.39, 0.29) is 88.6 Å². The fourth-order valence-electron chi connectivity index (χ4n) is 6.24. The van der Waals surface area contributed by atoms with E-state index >= 15 is 0 Å². The van der Waals surface area contributed by atoms with Crippen molar-refractivity contribution >= 4 is 88.0 Å². The lowest BCUT2D eigenvalue weighted by Gasteiger charge is -2.12. The zero-order chi connectivity index (χ0) is 50.1. The van der Waals surface area contributed by atoms with E-state index in [0.29, 0.717) is 28.6 Å². The molecule has 0 saturated heterocycles. The van der Waals surface area contributed by atoms with Gasteiger partial charge in [-0.25, -0.2) is 4.98 Å². The number of benzene rings is 3. The van der Waals surface area contributed by atoms with E-state index in [1.54, 1.807) is 58.9 Å². The number of ether oxygens (including phenoxy) is 2. The van der Waals surface area contributed by atoms with Gasteiger partial charge in [-0.2, -0.15) is 40.7 Å². The highest BCUT2D eigenvalue weighted by atomic mass is 32.2. The molecule has 0 bridgehead atoms. The van der Waals surface area contributed by atoms with Crippen molar-refractivity contribution in [1.82, 2.24) is 9.38 Å². The summed E-state index contributed by atoms with van der Waals surface area (Å²) in [5, 5.41) is 58.3. The average molecular weight is 995 g/mol. The molecule has 2 aromatic heterocycles. The summed E-state index contributed by atoms with van der Waals surface area (Å²) < 4.78 is 111. The fraction of sp³-hybridized carbons (Fsp3) is 0.268. The molecule has 2 heterocycles. The Bertz CT molecular complexity index is 3340. The van der Waals surface area contributed by atoms with Crippen molar-refractivity contribution in [3.05, 3.63) is 98.4 Å². The molecular weight excluding hydrogens is 953 g/mol. The van der Waals surface area contributed by atoms with Gasteiger partial charge in [-0.1, -0.05) is 12.2 Å². The maximum atomic E-state index is 12.1. The van der Waals surface area contributed by atoms with Crippen molar-refractivity contribution in [3.8, 4) is 23.4 Å². The quantitative estimate of drug-likeness (QED) is 0.0185. The van der Waals surface area contributed by atoms with Gasteiger partial charge in [-0.05, 0) is 88.9 Å². The Morgan fingerprint density at radius 3 is 1.72 bits per heavy atom. The summed E-state index contributed by atoms with van der Waals surface area (Å²) in [4.78, 5) is 14.1. The highest BCUT2D eigenvalue weighted by Crippen LogP contribution is 2.42. The minimum atomic E-state index is -5.00. The SMILES string of the molecule is C/C=C\c1nc2c(C#N)c(C)c(N=Nc3cc(C)c(N=Nc4cc(C)c(N=Nc5ccc([N+](=O)[O-])cc5S(=O)(=O)O)cc4OCCCS(=O)(=O)O)cc3OCCCS(=O)(=O)O)c(O)n2c1/C=C\C. The van der Waals surface area contributed by atoms with Crippen molar-refractivity contribution < 1.29 is 58.4 Å². The first-order chi connectivity index (χ1) is 32.0. The van der Waals surface area contributed by atoms with Crippen LogP contribution in [0.1, 0.15) is 60.3 Å². The van der Waals surface area contributed by atoms with Crippen molar-refractivity contribution in [2.75, 3.05) is 24.7 Å². The normalized spacial score (nSPS) is 12.7. The number of rotatable bonds is 20. The molecule has 5 aromatic rings. The summed E-state index contributed by atoms with van der Waals surface area (Å²) in [7, 11) is -13.7. The van der Waals surface area contributed by atoms with Gasteiger partial charge >= 0.3 is 0 Å². The molecule has 27 heteroatoms. The van der Waals surface area contributed by atoms with E-state index in [4.69, 9.17) is 9.47 Å². The number of allylic oxidation sites excluding steroid dienone is 2. The number of hydrogen-bond acceptors (Lipinski definition) is 19. The zero-order valence-electron chi connectivity index (χ0n) is 36.7. The van der Waals surface area contributed by atoms with E-state index < -0.39 is 63.1 Å². The Morgan fingerprint density at radius 2 is 1.25 bits per heavy atom. The van der Waals surface area contributed by atoms with Gasteiger partial charge < -0.3 is 14.6 Å². The fourth-order valence-corrected chi connectivity index (χ4v) is 7.85. The number of imidazole rings is 1. The second-order valence-corrected chi connectivity index (χ2v) is 19.0. The number of aryl methyl sites for hydroxylation is 2. The van der Waals surface area contributed by atoms with Crippen LogP contribution in [-0.2, 0) is 30.4 Å². The van der Waals surface area contributed by atoms with Crippen molar-refractivity contribution in [2.45, 2.75) is 52.4 Å². The first-order valence-electron chi connectivity index (χ1n) is 19.9. The Labute approximate surface area is 389 Å². The number of nitrogens with zero attached hydrogens (tertiary/aromatic N) is 10. The molecule has 3 aromatic carbocycles. The van der Waals surface area contributed by atoms with Gasteiger partial charge in [0, 0.05) is 29.8 Å². The van der Waals surface area contributed by atoms with Gasteiger partial charge in [0.25, 0.3) is 36.0 Å². The van der Waals surface area contributed by atoms with Crippen LogP contribution in [-0.4, -0.2) is 83.0 Å². The van der Waals surface area contributed by atoms with Crippen molar-refractivity contribution in [1.29, 1.82) is 5.26 Å². The molecule has 0 spiro atoms. The highest BCUT2D eigenvalue weighted by molar-refractivity contribution is 7.86. The Kier molecular flexibility index (Phi) is 16.3. The molecule has 0 atom stereocenters. The molecule has 0 aliphatic heterocycles. The summed E-state index contributed by atoms with van der Waals surface area (Å²) >= 11 is 0. The van der Waals surface area contributed by atoms with E-state index in [2.05, 4.69) is 41.7 Å². The molecule has 0 radical (unpaired) electrons. The minimum Gasteiger partial charge on any atom is -0.493 e. The number of hydrogen-bond donors (Lipinski definition) is 4. The number of non-ortho nitro benzene ring substituents is 1. The third-order valence-corrected chi connectivity index (χ3v) is 12.0. The third kappa shape index (κ3) is 13.0. The Hall–Kier alpha value is -7.35. The van der Waals surface area contributed by atoms with Gasteiger partial charge in [-0.15, -0.1) is 20.5 Å². The molecule has 0 aliphatic carbocycles. The summed E-state index contributed by atoms with van der Waals surface area (Å²) in [5.74, 6) is -1.70. The Balaban J connectivity index is 1.60. The molecule has 0 unspecified atom stereocenters. The van der Waals surface area contributed by atoms with Crippen molar-refractivity contribution in [3.63, 3.8) is 0 Å². The zero-order valence-corrected chi connectivity index (χ0v) is 39.1. The van der Waals surface area contributed by atoms with E-state index in [0.717, 1.165) is 12.1 Å². The molecule has 0 amide bonds. The predicted molar refractivity (Wildman–Crippen MR) is 247 cm³/mol. The van der Waals surface area contributed by atoms with Crippen LogP contribution in [0.2, 0.25) is 0 Å². The number of aromatic nitrogens is 2. The van der Waals surface area contributed by atoms with Gasteiger partial charge in [0.1, 0.15) is 45.1 Å². The van der Waals surface area contributed by atoms with Gasteiger partial charge in [0.05, 0.1) is 52.4 Å². The first kappa shape index (κ1) is 51.6. The first-order valence-corrected chi connectivity index (χ1v) is 24.5. The molecule has 0 saturated carbocycles. The lowest BCUT2D eigenvalue weighted by atomic mass is 10.1. The third-order valence-electron chi connectivity index (χ3n) is 9.46. The van der Waals surface area contributed by atoms with Crippen LogP contribution >= 0.6 is 0 Å². The number of nitro groups is 1. The molecule has 68 heavy (non-hydrogen) atoms. The van der Waals surface area contributed by atoms with Crippen LogP contribution in [0.5, 0.6) is 17.4 Å². The van der Waals surface area contributed by atoms with E-state index in [9.17, 15) is 59.4 Å². The van der Waals surface area contributed by atoms with Crippen LogP contribution in [0.3, 0.4) is 0 Å². The maximum absolute atomic E-state index is 12.1. The Morgan fingerprint density at radius 1 is 0.750 bits per heavy atom. The summed E-state index contributed by atoms with van der Waals surface area (Å²) in [6, 6.07) is 10.3.